The van der Waals surface area contributed by atoms with Crippen molar-refractivity contribution in [1.29, 1.82) is 5.41 Å². The number of allylic oxidation sites excluding steroid dienone is 1. The van der Waals surface area contributed by atoms with Crippen molar-refractivity contribution >= 4 is 63.8 Å². The van der Waals surface area contributed by atoms with E-state index in [0.717, 1.165) is 16.4 Å². The maximum absolute atomic E-state index is 13.0. The van der Waals surface area contributed by atoms with Gasteiger partial charge in [0.05, 0.1) is 6.04 Å². The normalized spacial score (nSPS) is 24.9. The smallest absolute Gasteiger partial charge is 0.352 e. The number of nitrogens with one attached hydrogen (secondary N) is 2. The summed E-state index contributed by atoms with van der Waals surface area (Å²) in [5, 5.41) is 31.3. The Hall–Kier alpha value is -4.19. The number of oxime groups is 1. The molecule has 18 heteroatoms. The molecule has 0 aromatic carbocycles. The number of rotatable bonds is 6. The minimum absolute atomic E-state index is 0.0493. The fourth-order valence-corrected chi connectivity index (χ4v) is 6.40. The van der Waals surface area contributed by atoms with Crippen molar-refractivity contribution in [3.63, 3.8) is 0 Å². The number of thioether (sulfide) groups is 1. The van der Waals surface area contributed by atoms with E-state index in [2.05, 4.69) is 19.8 Å². The highest BCUT2D eigenvalue weighted by molar-refractivity contribution is 8.00. The van der Waals surface area contributed by atoms with Gasteiger partial charge in [0.1, 0.15) is 17.1 Å². The molecule has 0 radical (unpaired) electrons. The number of anilines is 1. The van der Waals surface area contributed by atoms with E-state index in [1.165, 1.54) is 17.8 Å². The van der Waals surface area contributed by atoms with E-state index < -0.39 is 34.9 Å². The summed E-state index contributed by atoms with van der Waals surface area (Å²) < 4.78 is 3.81. The third-order valence-electron chi connectivity index (χ3n) is 6.61. The zero-order valence-corrected chi connectivity index (χ0v) is 21.2. The molecule has 4 aliphatic rings. The number of nitrogens with zero attached hydrogens (tertiary/aromatic N) is 6. The van der Waals surface area contributed by atoms with Crippen LogP contribution in [0.1, 0.15) is 12.2 Å². The molecule has 5 rings (SSSR count). The minimum atomic E-state index is -1.33. The van der Waals surface area contributed by atoms with Crippen LogP contribution in [0.25, 0.3) is 0 Å². The molecular weight excluding hydrogens is 540 g/mol. The Bertz CT molecular complexity index is 1350. The third-order valence-corrected chi connectivity index (χ3v) is 8.45. The Labute approximate surface area is 222 Å². The van der Waals surface area contributed by atoms with Gasteiger partial charge in [0, 0.05) is 42.5 Å². The molecule has 0 aliphatic carbocycles. The fourth-order valence-electron chi connectivity index (χ4n) is 4.66. The number of β-lactam (4-membered cyclic amide) rings is 1. The Morgan fingerprint density at radius 1 is 1.29 bits per heavy atom. The number of guanidine groups is 1. The number of hydrogen-bond acceptors (Lipinski definition) is 12. The number of carboxylic acids is 1. The van der Waals surface area contributed by atoms with Crippen LogP contribution in [0.2, 0.25) is 0 Å². The van der Waals surface area contributed by atoms with Gasteiger partial charge in [-0.2, -0.15) is 9.36 Å². The highest BCUT2D eigenvalue weighted by atomic mass is 32.2. The molecule has 0 unspecified atom stereocenters. The Morgan fingerprint density at radius 2 is 2.03 bits per heavy atom. The van der Waals surface area contributed by atoms with Crippen molar-refractivity contribution in [2.75, 3.05) is 31.1 Å². The number of amides is 3. The third kappa shape index (κ3) is 4.20. The molecule has 4 aliphatic heterocycles. The highest BCUT2D eigenvalue weighted by Gasteiger charge is 2.54. The van der Waals surface area contributed by atoms with Crippen molar-refractivity contribution in [2.24, 2.45) is 10.9 Å². The molecule has 0 spiro atoms. The Balaban J connectivity index is 1.30. The summed E-state index contributed by atoms with van der Waals surface area (Å²) in [7, 11) is 0. The summed E-state index contributed by atoms with van der Waals surface area (Å²) in [6, 6.07) is -1.14. The number of aromatic nitrogens is 2. The van der Waals surface area contributed by atoms with E-state index in [1.807, 2.05) is 0 Å². The average molecular weight is 563 g/mol. The van der Waals surface area contributed by atoms with Gasteiger partial charge in [-0.25, -0.2) is 4.79 Å². The van der Waals surface area contributed by atoms with Crippen LogP contribution in [0.5, 0.6) is 0 Å². The second kappa shape index (κ2) is 9.60. The van der Waals surface area contributed by atoms with Crippen LogP contribution in [-0.2, 0) is 19.2 Å². The van der Waals surface area contributed by atoms with Crippen LogP contribution >= 0.6 is 23.3 Å². The Kier molecular flexibility index (Phi) is 6.43. The molecule has 1 aromatic heterocycles. The number of likely N-dealkylation sites (tertiary alicyclic amines) is 2. The van der Waals surface area contributed by atoms with Crippen LogP contribution in [0.4, 0.5) is 5.13 Å². The lowest BCUT2D eigenvalue weighted by Crippen LogP contribution is -2.71. The first-order chi connectivity index (χ1) is 18.1. The van der Waals surface area contributed by atoms with Crippen LogP contribution in [-0.4, -0.2) is 113 Å². The Morgan fingerprint density at radius 3 is 2.63 bits per heavy atom. The number of hydrogen-bond donors (Lipinski definition) is 6. The fraction of sp³-hybridized carbons (Fsp3) is 0.400. The van der Waals surface area contributed by atoms with Gasteiger partial charge in [-0.1, -0.05) is 5.16 Å². The van der Waals surface area contributed by atoms with Crippen LogP contribution in [0.3, 0.4) is 0 Å². The first-order valence-electron chi connectivity index (χ1n) is 11.2. The number of aliphatic carboxylic acids is 1. The van der Waals surface area contributed by atoms with E-state index in [0.29, 0.717) is 37.2 Å². The van der Waals surface area contributed by atoms with E-state index in [4.69, 9.17) is 16.9 Å². The van der Waals surface area contributed by atoms with Gasteiger partial charge >= 0.3 is 5.97 Å². The van der Waals surface area contributed by atoms with Gasteiger partial charge in [0.25, 0.3) is 11.8 Å². The SMILES string of the molecule is N=C(N)N1CC(N2CCC(=CC3=C(C(=O)O)N4C(=O)[C@@H](NC(=O)/C(=N\O)c5nsc(N)n5)[C@H]4SC3)C2=O)C1. The number of nitrogens with two attached hydrogens (primary N) is 2. The number of carbonyl (C=O) groups excluding carboxylic acids is 3. The molecular formula is C20H22N10O6S2. The van der Waals surface area contributed by atoms with Crippen molar-refractivity contribution in [3.05, 3.63) is 28.7 Å². The molecule has 3 saturated heterocycles. The van der Waals surface area contributed by atoms with Gasteiger partial charge in [0.15, 0.2) is 11.1 Å². The van der Waals surface area contributed by atoms with Gasteiger partial charge in [-0.05, 0) is 18.1 Å². The van der Waals surface area contributed by atoms with Crippen molar-refractivity contribution in [2.45, 2.75) is 23.9 Å². The van der Waals surface area contributed by atoms with Crippen LogP contribution in [0, 0.1) is 5.41 Å². The van der Waals surface area contributed by atoms with Crippen molar-refractivity contribution < 1.29 is 29.5 Å². The maximum Gasteiger partial charge on any atom is 0.352 e. The average Bonchev–Trinajstić information content (AvgIpc) is 3.42. The first-order valence-corrected chi connectivity index (χ1v) is 13.1. The molecule has 200 valence electrons. The molecule has 5 heterocycles. The molecule has 1 aromatic rings. The second-order valence-corrected chi connectivity index (χ2v) is 10.7. The van der Waals surface area contributed by atoms with Gasteiger partial charge in [-0.15, -0.1) is 11.8 Å². The lowest BCUT2D eigenvalue weighted by molar-refractivity contribution is -0.150. The summed E-state index contributed by atoms with van der Waals surface area (Å²) in [6.45, 7) is 1.41. The molecule has 3 fully saturated rings. The molecule has 0 bridgehead atoms. The number of carboxylic acid groups (broad SMARTS) is 1. The monoisotopic (exact) mass is 562 g/mol. The molecule has 3 amide bonds. The number of carbonyl (C=O) groups is 4. The van der Waals surface area contributed by atoms with Crippen molar-refractivity contribution in [3.8, 4) is 0 Å². The lowest BCUT2D eigenvalue weighted by atomic mass is 10.0. The number of fused-ring (bicyclic) bond motifs is 1. The standard InChI is InChI=1S/C20H22N10O6S2/c21-19(22)28-4-9(5-28)29-2-1-7(15(29)32)3-8-6-37-17-11(16(33)30(17)12(8)18(34)35)24-14(31)10(26-36)13-25-20(23)38-27-13/h3,9,11,17,36H,1-2,4-6H2,(H3,21,22)(H,24,31)(H,34,35)(H2,23,25,27)/b7-3?,26-10-/t11-,17-/m1/s1. The second-order valence-electron chi connectivity index (χ2n) is 8.81. The van der Waals surface area contributed by atoms with Crippen LogP contribution in [0.15, 0.2) is 28.1 Å². The van der Waals surface area contributed by atoms with Gasteiger partial charge < -0.3 is 36.9 Å². The summed E-state index contributed by atoms with van der Waals surface area (Å²) in [5.74, 6) is -3.20. The van der Waals surface area contributed by atoms with Gasteiger partial charge in [-0.3, -0.25) is 24.7 Å². The summed E-state index contributed by atoms with van der Waals surface area (Å²) >= 11 is 2.02. The first kappa shape index (κ1) is 25.5. The minimum Gasteiger partial charge on any atom is -0.477 e. The van der Waals surface area contributed by atoms with E-state index >= 15 is 0 Å². The van der Waals surface area contributed by atoms with Crippen molar-refractivity contribution in [1.82, 2.24) is 29.4 Å². The van der Waals surface area contributed by atoms with E-state index in [1.54, 1.807) is 9.80 Å². The maximum atomic E-state index is 13.0. The van der Waals surface area contributed by atoms with E-state index in [9.17, 15) is 29.5 Å². The molecule has 38 heavy (non-hydrogen) atoms. The summed E-state index contributed by atoms with van der Waals surface area (Å²) in [6.07, 6.45) is 1.95. The van der Waals surface area contributed by atoms with E-state index in [-0.39, 0.29) is 40.3 Å². The predicted octanol–water partition coefficient (Wildman–Crippen LogP) is -2.23. The van der Waals surface area contributed by atoms with Gasteiger partial charge in [0.2, 0.25) is 17.4 Å². The zero-order valence-electron chi connectivity index (χ0n) is 19.5. The molecule has 2 atom stereocenters. The quantitative estimate of drug-likeness (QED) is 0.0539. The topological polar surface area (TPSA) is 245 Å². The van der Waals surface area contributed by atoms with Crippen LogP contribution < -0.4 is 16.8 Å². The molecule has 8 N–H and O–H groups in total. The summed E-state index contributed by atoms with van der Waals surface area (Å²) in [5.41, 5.74) is 10.9. The predicted molar refractivity (Wildman–Crippen MR) is 134 cm³/mol. The zero-order chi connectivity index (χ0) is 27.3. The molecule has 0 saturated carbocycles. The highest BCUT2D eigenvalue weighted by Crippen LogP contribution is 2.41. The number of nitrogen functional groups attached to an aromatic ring is 1. The summed E-state index contributed by atoms with van der Waals surface area (Å²) in [4.78, 5) is 58.9. The molecule has 16 nitrogen and oxygen atoms in total. The lowest BCUT2D eigenvalue weighted by Gasteiger charge is -2.49. The largest absolute Gasteiger partial charge is 0.477 e.